The fourth-order valence-corrected chi connectivity index (χ4v) is 0.407. The molecule has 0 unspecified atom stereocenters. The number of alkyl halides is 5. The highest BCUT2D eigenvalue weighted by atomic mass is 19.4. The molecule has 0 rings (SSSR count). The van der Waals surface area contributed by atoms with E-state index in [2.05, 4.69) is 5.73 Å². The Labute approximate surface area is 74.2 Å². The summed E-state index contributed by atoms with van der Waals surface area (Å²) in [6.07, 6.45) is -5.99. The van der Waals surface area contributed by atoms with Gasteiger partial charge in [0.2, 0.25) is 5.91 Å². The summed E-state index contributed by atoms with van der Waals surface area (Å²) < 4.78 is 58.6. The van der Waals surface area contributed by atoms with Gasteiger partial charge in [0.25, 0.3) is 0 Å². The predicted octanol–water partition coefficient (Wildman–Crippen LogP) is -0.215. The molecule has 9 heteroatoms. The predicted molar refractivity (Wildman–Crippen MR) is 33.2 cm³/mol. The van der Waals surface area contributed by atoms with Gasteiger partial charge in [-0.25, -0.2) is 0 Å². The third-order valence-electron chi connectivity index (χ3n) is 1.06. The van der Waals surface area contributed by atoms with Crippen molar-refractivity contribution in [2.45, 2.75) is 12.1 Å². The van der Waals surface area contributed by atoms with Gasteiger partial charge in [-0.2, -0.15) is 22.0 Å². The first-order chi connectivity index (χ1) is 6.09. The van der Waals surface area contributed by atoms with E-state index in [0.717, 1.165) is 5.32 Å². The van der Waals surface area contributed by atoms with Crippen LogP contribution in [0.1, 0.15) is 0 Å². The maximum absolute atomic E-state index is 12.1. The zero-order chi connectivity index (χ0) is 11.6. The lowest BCUT2D eigenvalue weighted by atomic mass is 10.3. The van der Waals surface area contributed by atoms with Crippen molar-refractivity contribution in [1.82, 2.24) is 5.32 Å². The molecule has 4 nitrogen and oxygen atoms in total. The summed E-state index contributed by atoms with van der Waals surface area (Å²) in [7, 11) is 0. The van der Waals surface area contributed by atoms with Crippen molar-refractivity contribution in [2.75, 3.05) is 6.54 Å². The van der Waals surface area contributed by atoms with E-state index in [4.69, 9.17) is 0 Å². The first-order valence-electron chi connectivity index (χ1n) is 3.10. The minimum Gasteiger partial charge on any atom is -0.368 e. The van der Waals surface area contributed by atoms with Crippen molar-refractivity contribution in [3.05, 3.63) is 0 Å². The maximum atomic E-state index is 12.1. The van der Waals surface area contributed by atoms with Crippen LogP contribution in [-0.2, 0) is 9.59 Å². The molecule has 0 aromatic rings. The van der Waals surface area contributed by atoms with E-state index >= 15 is 0 Å². The number of rotatable bonds is 3. The number of hydrogen-bond donors (Lipinski definition) is 2. The molecule has 0 aliphatic carbocycles. The molecule has 82 valence electrons. The van der Waals surface area contributed by atoms with Crippen molar-refractivity contribution < 1.29 is 31.5 Å². The van der Waals surface area contributed by atoms with Crippen LogP contribution in [0.15, 0.2) is 0 Å². The largest absolute Gasteiger partial charge is 0.463 e. The second-order valence-electron chi connectivity index (χ2n) is 2.22. The first-order valence-corrected chi connectivity index (χ1v) is 3.10. The number of carbonyl (C=O) groups excluding carboxylic acids is 2. The summed E-state index contributed by atoms with van der Waals surface area (Å²) in [5.41, 5.74) is 4.41. The Morgan fingerprint density at radius 3 is 1.86 bits per heavy atom. The molecule has 0 aromatic heterocycles. The number of nitrogens with one attached hydrogen (secondary N) is 1. The SMILES string of the molecule is NC(=O)CNC(=O)C(F)(F)C(F)(F)F. The molecule has 0 aliphatic rings. The summed E-state index contributed by atoms with van der Waals surface area (Å²) in [6.45, 7) is -1.08. The highest BCUT2D eigenvalue weighted by Gasteiger charge is 2.63. The maximum Gasteiger partial charge on any atom is 0.463 e. The summed E-state index contributed by atoms with van der Waals surface area (Å²) in [5.74, 6) is -9.36. The van der Waals surface area contributed by atoms with Crippen molar-refractivity contribution >= 4 is 11.8 Å². The number of halogens is 5. The molecule has 2 amide bonds. The van der Waals surface area contributed by atoms with Gasteiger partial charge in [-0.1, -0.05) is 0 Å². The Morgan fingerprint density at radius 2 is 1.57 bits per heavy atom. The molecule has 0 saturated heterocycles. The van der Waals surface area contributed by atoms with Crippen LogP contribution < -0.4 is 11.1 Å². The molecular formula is C5H5F5N2O2. The molecular weight excluding hydrogens is 215 g/mol. The Kier molecular flexibility index (Phi) is 3.38. The van der Waals surface area contributed by atoms with Crippen LogP contribution in [0.2, 0.25) is 0 Å². The average Bonchev–Trinajstić information content (AvgIpc) is 1.97. The van der Waals surface area contributed by atoms with E-state index in [-0.39, 0.29) is 0 Å². The Hall–Kier alpha value is -1.41. The Bertz CT molecular complexity index is 249. The molecule has 0 atom stereocenters. The van der Waals surface area contributed by atoms with E-state index < -0.39 is 30.5 Å². The number of carbonyl (C=O) groups is 2. The van der Waals surface area contributed by atoms with E-state index in [9.17, 15) is 31.5 Å². The van der Waals surface area contributed by atoms with E-state index in [1.54, 1.807) is 0 Å². The van der Waals surface area contributed by atoms with Gasteiger partial charge in [0.15, 0.2) is 0 Å². The van der Waals surface area contributed by atoms with Crippen LogP contribution in [0.3, 0.4) is 0 Å². The Morgan fingerprint density at radius 1 is 1.14 bits per heavy atom. The van der Waals surface area contributed by atoms with Gasteiger partial charge in [0.1, 0.15) is 0 Å². The summed E-state index contributed by atoms with van der Waals surface area (Å²) in [6, 6.07) is 0. The van der Waals surface area contributed by atoms with Gasteiger partial charge in [-0.05, 0) is 0 Å². The molecule has 0 heterocycles. The number of hydrogen-bond acceptors (Lipinski definition) is 2. The lowest BCUT2D eigenvalue weighted by molar-refractivity contribution is -0.269. The van der Waals surface area contributed by atoms with Gasteiger partial charge in [0.05, 0.1) is 6.54 Å². The molecule has 3 N–H and O–H groups in total. The standard InChI is InChI=1S/C5H5F5N2O2/c6-4(7,5(8,9)10)3(14)12-1-2(11)13/h1H2,(H2,11,13)(H,12,14). The Balaban J connectivity index is 4.45. The molecule has 14 heavy (non-hydrogen) atoms. The van der Waals surface area contributed by atoms with E-state index in [1.807, 2.05) is 0 Å². The number of amides is 2. The van der Waals surface area contributed by atoms with Crippen molar-refractivity contribution in [2.24, 2.45) is 5.73 Å². The summed E-state index contributed by atoms with van der Waals surface area (Å²) in [4.78, 5) is 20.2. The van der Waals surface area contributed by atoms with Crippen LogP contribution in [0.5, 0.6) is 0 Å². The van der Waals surface area contributed by atoms with Crippen molar-refractivity contribution in [3.63, 3.8) is 0 Å². The minimum absolute atomic E-state index is 1.05. The monoisotopic (exact) mass is 220 g/mol. The quantitative estimate of drug-likeness (QED) is 0.645. The number of primary amides is 1. The van der Waals surface area contributed by atoms with Gasteiger partial charge < -0.3 is 11.1 Å². The molecule has 0 radical (unpaired) electrons. The molecule has 0 fully saturated rings. The zero-order valence-electron chi connectivity index (χ0n) is 6.49. The van der Waals surface area contributed by atoms with Crippen LogP contribution in [0.4, 0.5) is 22.0 Å². The highest BCUT2D eigenvalue weighted by Crippen LogP contribution is 2.35. The lowest BCUT2D eigenvalue weighted by Gasteiger charge is -2.17. The normalized spacial score (nSPS) is 12.4. The second kappa shape index (κ2) is 3.76. The van der Waals surface area contributed by atoms with Gasteiger partial charge >= 0.3 is 18.0 Å². The van der Waals surface area contributed by atoms with Gasteiger partial charge in [0, 0.05) is 0 Å². The van der Waals surface area contributed by atoms with Gasteiger partial charge in [-0.15, -0.1) is 0 Å². The minimum atomic E-state index is -5.99. The third-order valence-corrected chi connectivity index (χ3v) is 1.06. The zero-order valence-corrected chi connectivity index (χ0v) is 6.49. The van der Waals surface area contributed by atoms with Crippen LogP contribution in [0.25, 0.3) is 0 Å². The molecule has 0 bridgehead atoms. The van der Waals surface area contributed by atoms with E-state index in [0.29, 0.717) is 0 Å². The highest BCUT2D eigenvalue weighted by molar-refractivity contribution is 5.88. The van der Waals surface area contributed by atoms with Crippen LogP contribution in [-0.4, -0.2) is 30.5 Å². The topological polar surface area (TPSA) is 72.2 Å². The fourth-order valence-electron chi connectivity index (χ4n) is 0.407. The second-order valence-corrected chi connectivity index (χ2v) is 2.22. The number of nitrogens with two attached hydrogens (primary N) is 1. The van der Waals surface area contributed by atoms with Crippen LogP contribution >= 0.6 is 0 Å². The molecule has 0 aromatic carbocycles. The summed E-state index contributed by atoms with van der Waals surface area (Å²) >= 11 is 0. The van der Waals surface area contributed by atoms with Gasteiger partial charge in [-0.3, -0.25) is 9.59 Å². The smallest absolute Gasteiger partial charge is 0.368 e. The summed E-state index contributed by atoms with van der Waals surface area (Å²) in [5, 5.41) is 1.05. The molecule has 0 spiro atoms. The van der Waals surface area contributed by atoms with Crippen molar-refractivity contribution in [1.29, 1.82) is 0 Å². The van der Waals surface area contributed by atoms with Crippen molar-refractivity contribution in [3.8, 4) is 0 Å². The first kappa shape index (κ1) is 12.6. The van der Waals surface area contributed by atoms with E-state index in [1.165, 1.54) is 0 Å². The molecule has 0 aliphatic heterocycles. The van der Waals surface area contributed by atoms with Crippen LogP contribution in [0, 0.1) is 0 Å². The third kappa shape index (κ3) is 2.82. The average molecular weight is 220 g/mol. The molecule has 0 saturated carbocycles. The lowest BCUT2D eigenvalue weighted by Crippen LogP contribution is -2.51. The fraction of sp³-hybridized carbons (Fsp3) is 0.600.